The average molecular weight is 479 g/mol. The summed E-state index contributed by atoms with van der Waals surface area (Å²) in [5.74, 6) is 1.70. The fraction of sp³-hybridized carbons (Fsp3) is 0.296. The molecule has 35 heavy (non-hydrogen) atoms. The van der Waals surface area contributed by atoms with E-state index in [-0.39, 0.29) is 0 Å². The molecule has 5 nitrogen and oxygen atoms in total. The molecule has 1 fully saturated rings. The zero-order chi connectivity index (χ0) is 24.4. The van der Waals surface area contributed by atoms with E-state index in [0.29, 0.717) is 29.7 Å². The fourth-order valence-electron chi connectivity index (χ4n) is 4.39. The number of halogens is 3. The van der Waals surface area contributed by atoms with E-state index < -0.39 is 11.7 Å². The van der Waals surface area contributed by atoms with Crippen LogP contribution in [-0.4, -0.2) is 28.2 Å². The monoisotopic (exact) mass is 478 g/mol. The van der Waals surface area contributed by atoms with Crippen LogP contribution in [0.15, 0.2) is 60.8 Å². The van der Waals surface area contributed by atoms with Gasteiger partial charge in [0.05, 0.1) is 16.8 Å². The van der Waals surface area contributed by atoms with Gasteiger partial charge in [-0.15, -0.1) is 0 Å². The predicted molar refractivity (Wildman–Crippen MR) is 129 cm³/mol. The van der Waals surface area contributed by atoms with Crippen LogP contribution in [0.4, 0.5) is 24.7 Å². The number of nitrogens with zero attached hydrogens (tertiary/aromatic N) is 3. The molecule has 1 saturated heterocycles. The Morgan fingerprint density at radius 3 is 2.49 bits per heavy atom. The Hall–Kier alpha value is -3.52. The Balaban J connectivity index is 1.54. The topological polar surface area (TPSA) is 59.9 Å². The van der Waals surface area contributed by atoms with Gasteiger partial charge in [-0.25, -0.2) is 9.97 Å². The van der Waals surface area contributed by atoms with Crippen LogP contribution in [0.3, 0.4) is 0 Å². The van der Waals surface area contributed by atoms with Crippen LogP contribution in [0.1, 0.15) is 29.8 Å². The second-order valence-electron chi connectivity index (χ2n) is 8.85. The van der Waals surface area contributed by atoms with Crippen molar-refractivity contribution in [3.63, 3.8) is 0 Å². The number of ether oxygens (including phenoxy) is 1. The van der Waals surface area contributed by atoms with Crippen LogP contribution >= 0.6 is 0 Å². The van der Waals surface area contributed by atoms with Crippen LogP contribution in [-0.2, 0) is 17.3 Å². The zero-order valence-electron chi connectivity index (χ0n) is 19.3. The van der Waals surface area contributed by atoms with Gasteiger partial charge in [0.25, 0.3) is 0 Å². The van der Waals surface area contributed by atoms with Crippen LogP contribution in [0, 0.1) is 12.8 Å². The number of benzene rings is 2. The van der Waals surface area contributed by atoms with Crippen molar-refractivity contribution in [1.29, 1.82) is 0 Å². The normalized spacial score (nSPS) is 14.9. The molecule has 4 aromatic rings. The minimum Gasteiger partial charge on any atom is -0.381 e. The van der Waals surface area contributed by atoms with Gasteiger partial charge in [-0.1, -0.05) is 12.1 Å². The van der Waals surface area contributed by atoms with Crippen molar-refractivity contribution in [2.45, 2.75) is 32.4 Å². The van der Waals surface area contributed by atoms with Crippen molar-refractivity contribution >= 4 is 22.4 Å². The first-order chi connectivity index (χ1) is 16.9. The molecule has 0 bridgehead atoms. The number of aromatic nitrogens is 3. The lowest BCUT2D eigenvalue weighted by Gasteiger charge is -2.21. The predicted octanol–water partition coefficient (Wildman–Crippen LogP) is 6.73. The summed E-state index contributed by atoms with van der Waals surface area (Å²) in [6.45, 7) is 3.48. The van der Waals surface area contributed by atoms with Gasteiger partial charge in [-0.2, -0.15) is 13.2 Å². The molecule has 0 spiro atoms. The molecular weight excluding hydrogens is 453 g/mol. The molecule has 8 heteroatoms. The standard InChI is InChI=1S/C27H25F3N4O/c1-17-3-2-12-31-25(17)19-4-9-22-23(16-19)33-24(15-18-10-13-35-14-11-18)34-26(22)32-21-7-5-20(6-8-21)27(28,29)30/h2-9,12,16,18H,10-11,13-15H2,1H3,(H,32,33,34). The van der Waals surface area contributed by atoms with Gasteiger partial charge >= 0.3 is 6.18 Å². The molecule has 1 aliphatic rings. The summed E-state index contributed by atoms with van der Waals surface area (Å²) in [6, 6.07) is 14.8. The number of hydrogen-bond donors (Lipinski definition) is 1. The van der Waals surface area contributed by atoms with E-state index in [4.69, 9.17) is 14.7 Å². The molecule has 0 amide bonds. The molecule has 180 valence electrons. The molecule has 0 saturated carbocycles. The van der Waals surface area contributed by atoms with E-state index in [2.05, 4.69) is 10.3 Å². The maximum atomic E-state index is 13.0. The van der Waals surface area contributed by atoms with Crippen molar-refractivity contribution in [3.05, 3.63) is 77.7 Å². The van der Waals surface area contributed by atoms with Crippen LogP contribution < -0.4 is 5.32 Å². The quantitative estimate of drug-likeness (QED) is 0.345. The number of fused-ring (bicyclic) bond motifs is 1. The Kier molecular flexibility index (Phi) is 6.38. The van der Waals surface area contributed by atoms with Crippen molar-refractivity contribution in [2.24, 2.45) is 5.92 Å². The van der Waals surface area contributed by atoms with Gasteiger partial charge in [-0.3, -0.25) is 4.98 Å². The lowest BCUT2D eigenvalue weighted by atomic mass is 9.96. The Bertz CT molecular complexity index is 1330. The van der Waals surface area contributed by atoms with Crippen LogP contribution in [0.5, 0.6) is 0 Å². The highest BCUT2D eigenvalue weighted by atomic mass is 19.4. The largest absolute Gasteiger partial charge is 0.416 e. The Labute approximate surface area is 201 Å². The first-order valence-electron chi connectivity index (χ1n) is 11.6. The maximum absolute atomic E-state index is 13.0. The molecule has 2 aromatic carbocycles. The SMILES string of the molecule is Cc1cccnc1-c1ccc2c(Nc3ccc(C(F)(F)F)cc3)nc(CC3CCOCC3)nc2c1. The number of aryl methyl sites for hydroxylation is 1. The van der Waals surface area contributed by atoms with E-state index in [1.165, 1.54) is 12.1 Å². The van der Waals surface area contributed by atoms with Gasteiger partial charge < -0.3 is 10.1 Å². The Morgan fingerprint density at radius 1 is 1.00 bits per heavy atom. The number of anilines is 2. The minimum atomic E-state index is -4.38. The third-order valence-electron chi connectivity index (χ3n) is 6.31. The summed E-state index contributed by atoms with van der Waals surface area (Å²) in [7, 11) is 0. The third-order valence-corrected chi connectivity index (χ3v) is 6.31. The number of alkyl halides is 3. The molecular formula is C27H25F3N4O. The summed E-state index contributed by atoms with van der Waals surface area (Å²) in [4.78, 5) is 14.2. The summed E-state index contributed by atoms with van der Waals surface area (Å²) < 4.78 is 44.4. The maximum Gasteiger partial charge on any atom is 0.416 e. The van der Waals surface area contributed by atoms with Gasteiger partial charge in [0.2, 0.25) is 0 Å². The third kappa shape index (κ3) is 5.27. The molecule has 1 N–H and O–H groups in total. The number of pyridine rings is 1. The first kappa shape index (κ1) is 23.2. The van der Waals surface area contributed by atoms with Gasteiger partial charge in [-0.05, 0) is 73.7 Å². The van der Waals surface area contributed by atoms with Crippen LogP contribution in [0.25, 0.3) is 22.2 Å². The molecule has 0 aliphatic carbocycles. The van der Waals surface area contributed by atoms with Crippen molar-refractivity contribution in [2.75, 3.05) is 18.5 Å². The lowest BCUT2D eigenvalue weighted by Crippen LogP contribution is -2.18. The number of hydrogen-bond acceptors (Lipinski definition) is 5. The lowest BCUT2D eigenvalue weighted by molar-refractivity contribution is -0.137. The highest BCUT2D eigenvalue weighted by molar-refractivity contribution is 5.93. The molecule has 2 aromatic heterocycles. The summed E-state index contributed by atoms with van der Waals surface area (Å²) in [6.07, 6.45) is 0.0119. The summed E-state index contributed by atoms with van der Waals surface area (Å²) >= 11 is 0. The minimum absolute atomic E-state index is 0.432. The summed E-state index contributed by atoms with van der Waals surface area (Å²) in [5.41, 5.74) is 3.50. The van der Waals surface area contributed by atoms with Gasteiger partial charge in [0, 0.05) is 42.5 Å². The zero-order valence-corrected chi connectivity index (χ0v) is 19.3. The highest BCUT2D eigenvalue weighted by Crippen LogP contribution is 2.32. The highest BCUT2D eigenvalue weighted by Gasteiger charge is 2.30. The second kappa shape index (κ2) is 9.62. The van der Waals surface area contributed by atoms with E-state index in [0.717, 1.165) is 65.9 Å². The van der Waals surface area contributed by atoms with E-state index >= 15 is 0 Å². The van der Waals surface area contributed by atoms with Gasteiger partial charge in [0.1, 0.15) is 11.6 Å². The smallest absolute Gasteiger partial charge is 0.381 e. The fourth-order valence-corrected chi connectivity index (χ4v) is 4.39. The molecule has 5 rings (SSSR count). The number of nitrogens with one attached hydrogen (secondary N) is 1. The van der Waals surface area contributed by atoms with E-state index in [1.807, 2.05) is 37.3 Å². The molecule has 3 heterocycles. The molecule has 0 unspecified atom stereocenters. The molecule has 1 aliphatic heterocycles. The van der Waals surface area contributed by atoms with Crippen molar-refractivity contribution in [1.82, 2.24) is 15.0 Å². The van der Waals surface area contributed by atoms with E-state index in [1.54, 1.807) is 6.20 Å². The summed E-state index contributed by atoms with van der Waals surface area (Å²) in [5, 5.41) is 4.00. The van der Waals surface area contributed by atoms with Crippen LogP contribution in [0.2, 0.25) is 0 Å². The molecule has 0 radical (unpaired) electrons. The van der Waals surface area contributed by atoms with Gasteiger partial charge in [0.15, 0.2) is 0 Å². The van der Waals surface area contributed by atoms with Crippen molar-refractivity contribution in [3.8, 4) is 11.3 Å². The van der Waals surface area contributed by atoms with Crippen molar-refractivity contribution < 1.29 is 17.9 Å². The number of rotatable bonds is 5. The first-order valence-corrected chi connectivity index (χ1v) is 11.6. The van der Waals surface area contributed by atoms with E-state index in [9.17, 15) is 13.2 Å². The molecule has 0 atom stereocenters. The Morgan fingerprint density at radius 2 is 1.77 bits per heavy atom. The second-order valence-corrected chi connectivity index (χ2v) is 8.85. The average Bonchev–Trinajstić information content (AvgIpc) is 2.84.